The highest BCUT2D eigenvalue weighted by Crippen LogP contribution is 2.45. The van der Waals surface area contributed by atoms with Crippen molar-refractivity contribution < 1.29 is 19.4 Å². The van der Waals surface area contributed by atoms with E-state index in [1.165, 1.54) is 16.2 Å². The lowest BCUT2D eigenvalue weighted by atomic mass is 9.96. The van der Waals surface area contributed by atoms with Crippen molar-refractivity contribution in [2.75, 3.05) is 11.5 Å². The molecule has 39 heavy (non-hydrogen) atoms. The number of imidazole rings is 1. The third-order valence-corrected chi connectivity index (χ3v) is 8.06. The first-order chi connectivity index (χ1) is 18.8. The fourth-order valence-corrected chi connectivity index (χ4v) is 6.19. The number of anilines is 1. The number of ether oxygens (including phenoxy) is 1. The third-order valence-electron chi connectivity index (χ3n) is 6.80. The molecule has 0 spiro atoms. The molecule has 1 fully saturated rings. The molecule has 0 radical (unpaired) electrons. The van der Waals surface area contributed by atoms with Crippen LogP contribution in [0.5, 0.6) is 5.75 Å². The Kier molecular flexibility index (Phi) is 6.12. The Morgan fingerprint density at radius 1 is 1.10 bits per heavy atom. The lowest BCUT2D eigenvalue weighted by Gasteiger charge is -2.23. The summed E-state index contributed by atoms with van der Waals surface area (Å²) in [4.78, 5) is 37.8. The summed E-state index contributed by atoms with van der Waals surface area (Å²) in [6, 6.07) is 15.3. The molecule has 0 bridgehead atoms. The standard InChI is InChI=1S/C29H23ClN4O4S/c1-4-38-19-10-7-17(8-11-19)24-22(25(35)23-16(3)33-13-5-6-15(2)27(33)32-23)26(36)28(37)34(24)29-31-20-12-9-18(30)14-21(20)39-29/h5-14,24,35H,4H2,1-3H3/b25-22+. The summed E-state index contributed by atoms with van der Waals surface area (Å²) in [7, 11) is 0. The molecule has 1 aliphatic rings. The number of aliphatic hydroxyl groups excluding tert-OH is 1. The summed E-state index contributed by atoms with van der Waals surface area (Å²) in [5.74, 6) is -1.27. The molecule has 3 aromatic heterocycles. The number of fused-ring (bicyclic) bond motifs is 2. The largest absolute Gasteiger partial charge is 0.505 e. The minimum absolute atomic E-state index is 0.0504. The molecule has 1 N–H and O–H groups in total. The number of hydrogen-bond acceptors (Lipinski definition) is 7. The van der Waals surface area contributed by atoms with Crippen molar-refractivity contribution >= 4 is 61.4 Å². The number of Topliss-reactive ketones (excluding diaryl/α,β-unsaturated/α-hetero) is 1. The maximum Gasteiger partial charge on any atom is 0.301 e. The number of rotatable bonds is 5. The van der Waals surface area contributed by atoms with Gasteiger partial charge in [0.25, 0.3) is 5.78 Å². The topological polar surface area (TPSA) is 97.0 Å². The predicted octanol–water partition coefficient (Wildman–Crippen LogP) is 6.24. The molecule has 196 valence electrons. The van der Waals surface area contributed by atoms with Gasteiger partial charge in [-0.3, -0.25) is 14.5 Å². The SMILES string of the molecule is CCOc1ccc(C2/C(=C(\O)c3nc4c(C)cccn4c3C)C(=O)C(=O)N2c2nc3ccc(Cl)cc3s2)cc1. The summed E-state index contributed by atoms with van der Waals surface area (Å²) in [5, 5.41) is 12.5. The fraction of sp³-hybridized carbons (Fsp3) is 0.172. The van der Waals surface area contributed by atoms with Gasteiger partial charge in [-0.25, -0.2) is 9.97 Å². The molecule has 1 aliphatic heterocycles. The van der Waals surface area contributed by atoms with E-state index in [2.05, 4.69) is 9.97 Å². The Labute approximate surface area is 232 Å². The second-order valence-corrected chi connectivity index (χ2v) is 10.7. The molecule has 1 saturated heterocycles. The van der Waals surface area contributed by atoms with E-state index in [1.807, 2.05) is 43.5 Å². The van der Waals surface area contributed by atoms with Crippen molar-refractivity contribution in [2.45, 2.75) is 26.8 Å². The Bertz CT molecular complexity index is 1820. The molecule has 0 saturated carbocycles. The highest BCUT2D eigenvalue weighted by atomic mass is 35.5. The number of aromatic nitrogens is 3. The molecular formula is C29H23ClN4O4S. The van der Waals surface area contributed by atoms with Crippen LogP contribution in [0.4, 0.5) is 5.13 Å². The lowest BCUT2D eigenvalue weighted by Crippen LogP contribution is -2.29. The van der Waals surface area contributed by atoms with E-state index in [1.54, 1.807) is 42.5 Å². The first kappa shape index (κ1) is 25.1. The van der Waals surface area contributed by atoms with E-state index in [0.717, 1.165) is 10.3 Å². The van der Waals surface area contributed by atoms with Crippen LogP contribution in [0.3, 0.4) is 0 Å². The number of aliphatic hydroxyl groups is 1. The van der Waals surface area contributed by atoms with Gasteiger partial charge in [-0.05, 0) is 68.3 Å². The average Bonchev–Trinajstić information content (AvgIpc) is 3.57. The van der Waals surface area contributed by atoms with E-state index in [4.69, 9.17) is 16.3 Å². The quantitative estimate of drug-likeness (QED) is 0.156. The summed E-state index contributed by atoms with van der Waals surface area (Å²) < 4.78 is 8.21. The number of amides is 1. The molecule has 8 nitrogen and oxygen atoms in total. The average molecular weight is 559 g/mol. The van der Waals surface area contributed by atoms with Gasteiger partial charge >= 0.3 is 5.91 Å². The van der Waals surface area contributed by atoms with Crippen molar-refractivity contribution in [3.05, 3.63) is 93.9 Å². The molecule has 5 aromatic rings. The molecule has 1 amide bonds. The van der Waals surface area contributed by atoms with Crippen molar-refractivity contribution in [1.29, 1.82) is 0 Å². The maximum atomic E-state index is 13.6. The number of nitrogens with zero attached hydrogens (tertiary/aromatic N) is 4. The van der Waals surface area contributed by atoms with Gasteiger partial charge in [0.2, 0.25) is 0 Å². The van der Waals surface area contributed by atoms with Crippen LogP contribution in [0.15, 0.2) is 66.4 Å². The van der Waals surface area contributed by atoms with Crippen LogP contribution in [-0.4, -0.2) is 37.8 Å². The third kappa shape index (κ3) is 4.05. The summed E-state index contributed by atoms with van der Waals surface area (Å²) in [6.45, 7) is 6.12. The van der Waals surface area contributed by atoms with Crippen LogP contribution in [0.1, 0.15) is 35.5 Å². The number of carbonyl (C=O) groups is 2. The summed E-state index contributed by atoms with van der Waals surface area (Å²) in [6.07, 6.45) is 1.84. The number of thiazole rings is 1. The van der Waals surface area contributed by atoms with Crippen LogP contribution in [0.25, 0.3) is 21.6 Å². The number of benzene rings is 2. The van der Waals surface area contributed by atoms with Gasteiger partial charge < -0.3 is 14.2 Å². The highest BCUT2D eigenvalue weighted by Gasteiger charge is 2.48. The second kappa shape index (κ2) is 9.52. The monoisotopic (exact) mass is 558 g/mol. The zero-order valence-electron chi connectivity index (χ0n) is 21.3. The minimum Gasteiger partial charge on any atom is -0.505 e. The molecule has 1 unspecified atom stereocenters. The first-order valence-electron chi connectivity index (χ1n) is 12.3. The summed E-state index contributed by atoms with van der Waals surface area (Å²) >= 11 is 7.43. The van der Waals surface area contributed by atoms with E-state index < -0.39 is 17.7 Å². The van der Waals surface area contributed by atoms with Crippen molar-refractivity contribution in [1.82, 2.24) is 14.4 Å². The van der Waals surface area contributed by atoms with Crippen LogP contribution in [-0.2, 0) is 9.59 Å². The zero-order chi connectivity index (χ0) is 27.4. The molecular weight excluding hydrogens is 536 g/mol. The minimum atomic E-state index is -0.929. The van der Waals surface area contributed by atoms with Gasteiger partial charge in [0.1, 0.15) is 17.1 Å². The molecule has 2 aromatic carbocycles. The molecule has 0 aliphatic carbocycles. The smallest absolute Gasteiger partial charge is 0.301 e. The van der Waals surface area contributed by atoms with Crippen LogP contribution in [0, 0.1) is 13.8 Å². The van der Waals surface area contributed by atoms with Crippen molar-refractivity contribution in [3.8, 4) is 5.75 Å². The van der Waals surface area contributed by atoms with Crippen LogP contribution < -0.4 is 9.64 Å². The number of aryl methyl sites for hydroxylation is 2. The molecule has 6 rings (SSSR count). The number of hydrogen-bond donors (Lipinski definition) is 1. The van der Waals surface area contributed by atoms with E-state index in [-0.39, 0.29) is 17.0 Å². The normalized spacial score (nSPS) is 17.0. The summed E-state index contributed by atoms with van der Waals surface area (Å²) in [5.41, 5.74) is 3.69. The van der Waals surface area contributed by atoms with Gasteiger partial charge in [0.15, 0.2) is 10.9 Å². The Hall–Kier alpha value is -4.21. The zero-order valence-corrected chi connectivity index (χ0v) is 22.9. The number of ketones is 1. The van der Waals surface area contributed by atoms with E-state index in [9.17, 15) is 14.7 Å². The first-order valence-corrected chi connectivity index (χ1v) is 13.5. The maximum absolute atomic E-state index is 13.6. The molecule has 1 atom stereocenters. The number of halogens is 1. The van der Waals surface area contributed by atoms with Gasteiger partial charge in [0, 0.05) is 11.2 Å². The predicted molar refractivity (Wildman–Crippen MR) is 152 cm³/mol. The van der Waals surface area contributed by atoms with E-state index >= 15 is 0 Å². The number of pyridine rings is 1. The van der Waals surface area contributed by atoms with Crippen LogP contribution in [0.2, 0.25) is 5.02 Å². The van der Waals surface area contributed by atoms with Crippen molar-refractivity contribution in [2.24, 2.45) is 0 Å². The van der Waals surface area contributed by atoms with Gasteiger partial charge in [-0.1, -0.05) is 41.1 Å². The second-order valence-electron chi connectivity index (χ2n) is 9.21. The van der Waals surface area contributed by atoms with Crippen molar-refractivity contribution in [3.63, 3.8) is 0 Å². The number of carbonyl (C=O) groups excluding carboxylic acids is 2. The fourth-order valence-electron chi connectivity index (χ4n) is 4.92. The molecule has 10 heteroatoms. The van der Waals surface area contributed by atoms with Gasteiger partial charge in [-0.15, -0.1) is 0 Å². The highest BCUT2D eigenvalue weighted by molar-refractivity contribution is 7.22. The van der Waals surface area contributed by atoms with Crippen LogP contribution >= 0.6 is 22.9 Å². The van der Waals surface area contributed by atoms with E-state index in [0.29, 0.717) is 44.9 Å². The van der Waals surface area contributed by atoms with Gasteiger partial charge in [-0.2, -0.15) is 0 Å². The Morgan fingerprint density at radius 3 is 2.59 bits per heavy atom. The lowest BCUT2D eigenvalue weighted by molar-refractivity contribution is -0.132. The molecule has 4 heterocycles. The Morgan fingerprint density at radius 2 is 1.87 bits per heavy atom. The Balaban J connectivity index is 1.57. The van der Waals surface area contributed by atoms with Gasteiger partial charge in [0.05, 0.1) is 34.1 Å².